The highest BCUT2D eigenvalue weighted by atomic mass is 15.3. The third-order valence-corrected chi connectivity index (χ3v) is 1.42. The molecular formula is C6H6N4. The first-order chi connectivity index (χ1) is 4.88. The number of hydrogen-bond donors (Lipinski definition) is 0. The van der Waals surface area contributed by atoms with Crippen LogP contribution in [-0.4, -0.2) is 19.6 Å². The van der Waals surface area contributed by atoms with Gasteiger partial charge < -0.3 is 0 Å². The molecule has 2 heterocycles. The first kappa shape index (κ1) is 5.34. The van der Waals surface area contributed by atoms with Crippen LogP contribution in [-0.2, 0) is 0 Å². The van der Waals surface area contributed by atoms with Crippen molar-refractivity contribution in [2.45, 2.75) is 6.92 Å². The smallest absolute Gasteiger partial charge is 0.254 e. The summed E-state index contributed by atoms with van der Waals surface area (Å²) < 4.78 is 1.83. The van der Waals surface area contributed by atoms with Gasteiger partial charge in [-0.25, -0.2) is 4.98 Å². The maximum Gasteiger partial charge on any atom is 0.254 e. The molecule has 2 rings (SSSR count). The van der Waals surface area contributed by atoms with Crippen molar-refractivity contribution in [2.24, 2.45) is 0 Å². The van der Waals surface area contributed by atoms with Crippen molar-refractivity contribution < 1.29 is 0 Å². The van der Waals surface area contributed by atoms with Crippen LogP contribution in [0.4, 0.5) is 0 Å². The van der Waals surface area contributed by atoms with E-state index in [2.05, 4.69) is 15.2 Å². The van der Waals surface area contributed by atoms with Crippen molar-refractivity contribution in [1.82, 2.24) is 19.6 Å². The van der Waals surface area contributed by atoms with Crippen LogP contribution in [0.25, 0.3) is 5.78 Å². The van der Waals surface area contributed by atoms with Gasteiger partial charge in [0.05, 0.1) is 0 Å². The van der Waals surface area contributed by atoms with E-state index >= 15 is 0 Å². The van der Waals surface area contributed by atoms with E-state index < -0.39 is 0 Å². The first-order valence-corrected chi connectivity index (χ1v) is 2.99. The molecule has 0 aliphatic carbocycles. The summed E-state index contributed by atoms with van der Waals surface area (Å²) in [5.41, 5.74) is 1.09. The SMILES string of the molecule is Cc1ccnc2nncn12. The molecule has 0 aliphatic heterocycles. The zero-order valence-corrected chi connectivity index (χ0v) is 5.52. The molecular weight excluding hydrogens is 128 g/mol. The highest BCUT2D eigenvalue weighted by Gasteiger charge is 1.95. The van der Waals surface area contributed by atoms with Crippen molar-refractivity contribution in [3.63, 3.8) is 0 Å². The second kappa shape index (κ2) is 1.76. The molecule has 0 unspecified atom stereocenters. The van der Waals surface area contributed by atoms with Gasteiger partial charge in [-0.1, -0.05) is 0 Å². The Kier molecular flexibility index (Phi) is 0.943. The molecule has 0 amide bonds. The lowest BCUT2D eigenvalue weighted by atomic mass is 10.4. The van der Waals surface area contributed by atoms with Crippen LogP contribution < -0.4 is 0 Å². The van der Waals surface area contributed by atoms with E-state index in [0.29, 0.717) is 5.78 Å². The zero-order valence-electron chi connectivity index (χ0n) is 5.52. The van der Waals surface area contributed by atoms with E-state index in [9.17, 15) is 0 Å². The van der Waals surface area contributed by atoms with Gasteiger partial charge in [-0.15, -0.1) is 10.2 Å². The predicted octanol–water partition coefficient (Wildman–Crippen LogP) is 0.433. The zero-order chi connectivity index (χ0) is 6.97. The Bertz CT molecular complexity index is 351. The minimum atomic E-state index is 0.653. The minimum Gasteiger partial charge on any atom is -0.270 e. The molecule has 0 atom stereocenters. The summed E-state index contributed by atoms with van der Waals surface area (Å²) in [5.74, 6) is 0.653. The second-order valence-electron chi connectivity index (χ2n) is 2.09. The fourth-order valence-corrected chi connectivity index (χ4v) is 0.858. The Morgan fingerprint density at radius 2 is 2.40 bits per heavy atom. The van der Waals surface area contributed by atoms with E-state index in [0.717, 1.165) is 5.69 Å². The Morgan fingerprint density at radius 3 is 3.20 bits per heavy atom. The standard InChI is InChI=1S/C6H6N4/c1-5-2-3-7-6-9-8-4-10(5)6/h2-4H,1H3. The average Bonchev–Trinajstić information content (AvgIpc) is 2.36. The molecule has 0 spiro atoms. The molecule has 10 heavy (non-hydrogen) atoms. The number of hydrogen-bond acceptors (Lipinski definition) is 3. The van der Waals surface area contributed by atoms with E-state index in [4.69, 9.17) is 0 Å². The molecule has 50 valence electrons. The molecule has 4 nitrogen and oxygen atoms in total. The molecule has 4 heteroatoms. The second-order valence-corrected chi connectivity index (χ2v) is 2.09. The van der Waals surface area contributed by atoms with Gasteiger partial charge in [0.1, 0.15) is 6.33 Å². The van der Waals surface area contributed by atoms with Crippen LogP contribution >= 0.6 is 0 Å². The number of rotatable bonds is 0. The fourth-order valence-electron chi connectivity index (χ4n) is 0.858. The van der Waals surface area contributed by atoms with Crippen LogP contribution in [0.1, 0.15) is 5.69 Å². The molecule has 0 radical (unpaired) electrons. The summed E-state index contributed by atoms with van der Waals surface area (Å²) in [5, 5.41) is 7.49. The third-order valence-electron chi connectivity index (χ3n) is 1.42. The summed E-state index contributed by atoms with van der Waals surface area (Å²) in [6.45, 7) is 1.98. The van der Waals surface area contributed by atoms with Gasteiger partial charge in [0.25, 0.3) is 5.78 Å². The predicted molar refractivity (Wildman–Crippen MR) is 35.5 cm³/mol. The van der Waals surface area contributed by atoms with Gasteiger partial charge in [-0.2, -0.15) is 0 Å². The normalized spacial score (nSPS) is 10.5. The fraction of sp³-hybridized carbons (Fsp3) is 0.167. The minimum absolute atomic E-state index is 0.653. The molecule has 2 aromatic rings. The third kappa shape index (κ3) is 0.586. The van der Waals surface area contributed by atoms with Crippen LogP contribution in [0.3, 0.4) is 0 Å². The Labute approximate surface area is 57.5 Å². The molecule has 0 bridgehead atoms. The van der Waals surface area contributed by atoms with Crippen LogP contribution in [0.2, 0.25) is 0 Å². The summed E-state index contributed by atoms with van der Waals surface area (Å²) in [6, 6.07) is 1.91. The van der Waals surface area contributed by atoms with E-state index in [-0.39, 0.29) is 0 Å². The molecule has 0 aromatic carbocycles. The molecule has 0 fully saturated rings. The highest BCUT2D eigenvalue weighted by Crippen LogP contribution is 1.97. The highest BCUT2D eigenvalue weighted by molar-refractivity contribution is 5.26. The average molecular weight is 134 g/mol. The molecule has 0 saturated heterocycles. The summed E-state index contributed by atoms with van der Waals surface area (Å²) in [7, 11) is 0. The maximum absolute atomic E-state index is 3.99. The molecule has 2 aromatic heterocycles. The van der Waals surface area contributed by atoms with E-state index in [1.54, 1.807) is 12.5 Å². The number of nitrogens with zero attached hydrogens (tertiary/aromatic N) is 4. The topological polar surface area (TPSA) is 43.1 Å². The maximum atomic E-state index is 3.99. The Balaban J connectivity index is 2.95. The van der Waals surface area contributed by atoms with Crippen molar-refractivity contribution >= 4 is 5.78 Å². The lowest BCUT2D eigenvalue weighted by Crippen LogP contribution is -1.90. The molecule has 0 aliphatic rings. The molecule has 0 saturated carbocycles. The van der Waals surface area contributed by atoms with E-state index in [1.807, 2.05) is 17.4 Å². The monoisotopic (exact) mass is 134 g/mol. The van der Waals surface area contributed by atoms with Crippen molar-refractivity contribution in [1.29, 1.82) is 0 Å². The van der Waals surface area contributed by atoms with Crippen molar-refractivity contribution in [2.75, 3.05) is 0 Å². The number of aromatic nitrogens is 4. The lowest BCUT2D eigenvalue weighted by molar-refractivity contribution is 1.04. The van der Waals surface area contributed by atoms with E-state index in [1.165, 1.54) is 0 Å². The largest absolute Gasteiger partial charge is 0.270 e. The first-order valence-electron chi connectivity index (χ1n) is 2.99. The number of fused-ring (bicyclic) bond motifs is 1. The molecule has 0 N–H and O–H groups in total. The summed E-state index contributed by atoms with van der Waals surface area (Å²) in [6.07, 6.45) is 3.37. The Morgan fingerprint density at radius 1 is 1.50 bits per heavy atom. The Hall–Kier alpha value is -1.45. The van der Waals surface area contributed by atoms with Crippen LogP contribution in [0.5, 0.6) is 0 Å². The summed E-state index contributed by atoms with van der Waals surface area (Å²) >= 11 is 0. The van der Waals surface area contributed by atoms with Gasteiger partial charge in [-0.05, 0) is 13.0 Å². The quantitative estimate of drug-likeness (QED) is 0.524. The van der Waals surface area contributed by atoms with Crippen LogP contribution in [0.15, 0.2) is 18.6 Å². The van der Waals surface area contributed by atoms with Gasteiger partial charge in [0, 0.05) is 11.9 Å². The van der Waals surface area contributed by atoms with Gasteiger partial charge in [0.2, 0.25) is 0 Å². The van der Waals surface area contributed by atoms with Crippen LogP contribution in [0, 0.1) is 6.92 Å². The van der Waals surface area contributed by atoms with Crippen molar-refractivity contribution in [3.8, 4) is 0 Å². The van der Waals surface area contributed by atoms with Crippen molar-refractivity contribution in [3.05, 3.63) is 24.3 Å². The van der Waals surface area contributed by atoms with Gasteiger partial charge >= 0.3 is 0 Å². The van der Waals surface area contributed by atoms with Gasteiger partial charge in [-0.3, -0.25) is 4.40 Å². The number of aryl methyl sites for hydroxylation is 1. The van der Waals surface area contributed by atoms with Gasteiger partial charge in [0.15, 0.2) is 0 Å². The summed E-state index contributed by atoms with van der Waals surface area (Å²) in [4.78, 5) is 3.99. The lowest BCUT2D eigenvalue weighted by Gasteiger charge is -1.93.